The Balaban J connectivity index is 3.52. The molecule has 0 heterocycles. The molecule has 0 aliphatic rings. The average Bonchev–Trinajstić information content (AvgIpc) is 2.37. The van der Waals surface area contributed by atoms with Crippen LogP contribution in [0, 0.1) is 0 Å². The molecule has 0 saturated carbocycles. The highest BCUT2D eigenvalue weighted by molar-refractivity contribution is 6.25. The first-order valence-electron chi connectivity index (χ1n) is 6.20. The van der Waals surface area contributed by atoms with E-state index < -0.39 is 9.17 Å². The molecule has 0 aliphatic carbocycles. The molecule has 0 bridgehead atoms. The zero-order chi connectivity index (χ0) is 13.8. The highest BCUT2D eigenvalue weighted by atomic mass is 28.3. The summed E-state index contributed by atoms with van der Waals surface area (Å²) >= 11 is 0. The molecular weight excluding hydrogens is 256 g/mol. The predicted molar refractivity (Wildman–Crippen MR) is 66.3 cm³/mol. The molecule has 0 aromatic rings. The van der Waals surface area contributed by atoms with Crippen molar-refractivity contribution in [3.8, 4) is 0 Å². The molecule has 108 valence electrons. The Hall–Kier alpha value is -0.543. The summed E-state index contributed by atoms with van der Waals surface area (Å²) in [5, 5.41) is 0. The molecule has 18 heavy (non-hydrogen) atoms. The quantitative estimate of drug-likeness (QED) is 0.305. The highest BCUT2D eigenvalue weighted by Crippen LogP contribution is 2.03. The zero-order valence-electron chi connectivity index (χ0n) is 11.1. The van der Waals surface area contributed by atoms with Crippen molar-refractivity contribution in [1.82, 2.24) is 0 Å². The van der Waals surface area contributed by atoms with E-state index in [1.54, 1.807) is 13.8 Å². The Labute approximate surface area is 109 Å². The number of hydrogen-bond donors (Lipinski definition) is 2. The van der Waals surface area contributed by atoms with Gasteiger partial charge in [0.1, 0.15) is 12.2 Å². The summed E-state index contributed by atoms with van der Waals surface area (Å²) in [6, 6.07) is 0. The van der Waals surface area contributed by atoms with Crippen LogP contribution in [0.2, 0.25) is 0 Å². The fourth-order valence-electron chi connectivity index (χ4n) is 1.16. The molecule has 8 heteroatoms. The maximum atomic E-state index is 11.2. The Bertz CT molecular complexity index is 200. The van der Waals surface area contributed by atoms with Gasteiger partial charge in [0.2, 0.25) is 0 Å². The first-order chi connectivity index (χ1) is 8.60. The van der Waals surface area contributed by atoms with Crippen molar-refractivity contribution in [2.24, 2.45) is 11.5 Å². The van der Waals surface area contributed by atoms with Gasteiger partial charge in [-0.2, -0.15) is 9.78 Å². The summed E-state index contributed by atoms with van der Waals surface area (Å²) in [6.45, 7) is 4.77. The van der Waals surface area contributed by atoms with Crippen LogP contribution in [0.4, 0.5) is 0 Å². The molecule has 2 unspecified atom stereocenters. The average molecular weight is 280 g/mol. The van der Waals surface area contributed by atoms with Crippen molar-refractivity contribution >= 4 is 9.17 Å². The lowest BCUT2D eigenvalue weighted by Gasteiger charge is -2.12. The third-order valence-electron chi connectivity index (χ3n) is 2.19. The fraction of sp³-hybridized carbons (Fsp3) is 1.00. The molecule has 0 fully saturated rings. The second kappa shape index (κ2) is 11.5. The van der Waals surface area contributed by atoms with Crippen LogP contribution in [0.3, 0.4) is 0 Å². The van der Waals surface area contributed by atoms with E-state index in [-0.39, 0.29) is 12.2 Å². The van der Waals surface area contributed by atoms with E-state index in [1.807, 2.05) is 0 Å². The third kappa shape index (κ3) is 10.6. The van der Waals surface area contributed by atoms with Gasteiger partial charge in [-0.25, -0.2) is 0 Å². The molecule has 0 aliphatic heterocycles. The van der Waals surface area contributed by atoms with Crippen molar-refractivity contribution in [3.05, 3.63) is 0 Å². The van der Waals surface area contributed by atoms with E-state index in [1.165, 1.54) is 0 Å². The molecule has 0 rings (SSSR count). The van der Waals surface area contributed by atoms with Crippen molar-refractivity contribution < 1.29 is 23.4 Å². The largest absolute Gasteiger partial charge is 0.834 e. The van der Waals surface area contributed by atoms with Gasteiger partial charge in [0, 0.05) is 0 Å². The Morgan fingerprint density at radius 3 is 1.67 bits per heavy atom. The minimum atomic E-state index is -2.79. The normalized spacial score (nSPS) is 14.0. The number of nitrogens with two attached hydrogens (primary N) is 2. The summed E-state index contributed by atoms with van der Waals surface area (Å²) < 4.78 is 20.4. The van der Waals surface area contributed by atoms with Crippen LogP contribution in [0.25, 0.3) is 0 Å². The van der Waals surface area contributed by atoms with E-state index in [4.69, 9.17) is 21.2 Å². The predicted octanol–water partition coefficient (Wildman–Crippen LogP) is 0.553. The third-order valence-corrected chi connectivity index (χ3v) is 2.66. The smallest absolute Gasteiger partial charge is 0.330 e. The monoisotopic (exact) mass is 280 g/mol. The molecule has 7 nitrogen and oxygen atoms in total. The maximum absolute atomic E-state index is 11.2. The van der Waals surface area contributed by atoms with Crippen LogP contribution in [0.5, 0.6) is 0 Å². The highest BCUT2D eigenvalue weighted by Gasteiger charge is 2.18. The minimum absolute atomic E-state index is 0.180. The van der Waals surface area contributed by atoms with Crippen LogP contribution in [-0.2, 0) is 23.4 Å². The fourth-order valence-corrected chi connectivity index (χ4v) is 1.68. The summed E-state index contributed by atoms with van der Waals surface area (Å²) in [4.78, 5) is 9.74. The summed E-state index contributed by atoms with van der Waals surface area (Å²) in [6.07, 6.45) is 2.75. The van der Waals surface area contributed by atoms with Crippen LogP contribution in [-0.4, -0.2) is 34.5 Å². The Morgan fingerprint density at radius 2 is 1.33 bits per heavy atom. The van der Waals surface area contributed by atoms with E-state index in [2.05, 4.69) is 9.15 Å². The van der Waals surface area contributed by atoms with Crippen molar-refractivity contribution in [2.75, 3.05) is 13.1 Å². The van der Waals surface area contributed by atoms with Crippen LogP contribution >= 0.6 is 0 Å². The van der Waals surface area contributed by atoms with E-state index in [0.717, 1.165) is 25.7 Å². The van der Waals surface area contributed by atoms with Gasteiger partial charge in [-0.3, -0.25) is 4.46 Å². The molecule has 0 saturated heterocycles. The molecule has 0 spiro atoms. The van der Waals surface area contributed by atoms with Crippen LogP contribution in [0.15, 0.2) is 0 Å². The van der Waals surface area contributed by atoms with Crippen molar-refractivity contribution in [2.45, 2.75) is 51.7 Å². The lowest BCUT2D eigenvalue weighted by Crippen LogP contribution is -2.21. The van der Waals surface area contributed by atoms with Gasteiger partial charge < -0.3 is 20.6 Å². The minimum Gasteiger partial charge on any atom is -0.330 e. The molecule has 0 radical (unpaired) electrons. The molecule has 0 aromatic heterocycles. The second-order valence-corrected chi connectivity index (χ2v) is 4.93. The van der Waals surface area contributed by atoms with E-state index in [9.17, 15) is 4.46 Å². The maximum Gasteiger partial charge on any atom is 0.834 e. The van der Waals surface area contributed by atoms with Gasteiger partial charge in [-0.1, -0.05) is 0 Å². The summed E-state index contributed by atoms with van der Waals surface area (Å²) in [5.74, 6) is 0. The van der Waals surface area contributed by atoms with Gasteiger partial charge >= 0.3 is 9.17 Å². The first kappa shape index (κ1) is 17.5. The zero-order valence-corrected chi connectivity index (χ0v) is 12.1. The van der Waals surface area contributed by atoms with Gasteiger partial charge in [0.05, 0.1) is 0 Å². The Kier molecular flexibility index (Phi) is 11.2. The summed E-state index contributed by atoms with van der Waals surface area (Å²) in [5.41, 5.74) is 10.7. The molecular formula is C10H24N2O5Si. The standard InChI is InChI=1S/C10H24N2O5Si/c1-9(5-3-7-11)14-16-18(13)17-15-10(2)6-4-8-12/h9-10H,3-8,11-12H2,1-2H3. The van der Waals surface area contributed by atoms with Crippen molar-refractivity contribution in [1.29, 1.82) is 0 Å². The van der Waals surface area contributed by atoms with Gasteiger partial charge in [0.25, 0.3) is 0 Å². The molecule has 2 atom stereocenters. The van der Waals surface area contributed by atoms with Gasteiger partial charge in [-0.05, 0) is 52.6 Å². The topological polar surface area (TPSA) is 106 Å². The Morgan fingerprint density at radius 1 is 0.944 bits per heavy atom. The molecule has 0 aromatic carbocycles. The summed E-state index contributed by atoms with van der Waals surface area (Å²) in [7, 11) is -2.79. The number of hydrogen-bond acceptors (Lipinski definition) is 7. The second-order valence-electron chi connectivity index (χ2n) is 4.09. The SMILES string of the molecule is CC(CCCN)OO[Si](=O)OOC(C)CCCN. The van der Waals surface area contributed by atoms with E-state index in [0.29, 0.717) is 13.1 Å². The van der Waals surface area contributed by atoms with E-state index >= 15 is 0 Å². The van der Waals surface area contributed by atoms with Gasteiger partial charge in [0.15, 0.2) is 0 Å². The van der Waals surface area contributed by atoms with Gasteiger partial charge in [-0.15, -0.1) is 0 Å². The number of rotatable bonds is 12. The lowest BCUT2D eigenvalue weighted by atomic mass is 10.2. The van der Waals surface area contributed by atoms with Crippen LogP contribution < -0.4 is 11.5 Å². The first-order valence-corrected chi connectivity index (χ1v) is 7.43. The lowest BCUT2D eigenvalue weighted by molar-refractivity contribution is -0.314. The van der Waals surface area contributed by atoms with Crippen LogP contribution in [0.1, 0.15) is 39.5 Å². The molecule has 4 N–H and O–H groups in total. The van der Waals surface area contributed by atoms with Crippen molar-refractivity contribution in [3.63, 3.8) is 0 Å². The molecule has 0 amide bonds.